The molecule has 1 unspecified atom stereocenters. The van der Waals surface area contributed by atoms with Gasteiger partial charge in [-0.3, -0.25) is 10.2 Å². The third-order valence-electron chi connectivity index (χ3n) is 4.33. The molecule has 6 heteroatoms. The Balaban J connectivity index is 1.69. The molecule has 1 amide bonds. The molecule has 26 heavy (non-hydrogen) atoms. The fourth-order valence-corrected chi connectivity index (χ4v) is 3.19. The zero-order valence-electron chi connectivity index (χ0n) is 14.4. The molecule has 0 radical (unpaired) electrons. The highest BCUT2D eigenvalue weighted by atomic mass is 79.9. The predicted octanol–water partition coefficient (Wildman–Crippen LogP) is 3.72. The molecule has 2 aromatic rings. The summed E-state index contributed by atoms with van der Waals surface area (Å²) >= 11 is 3.44. The molecule has 1 atom stereocenters. The molecule has 3 N–H and O–H groups in total. The molecule has 1 aliphatic heterocycles. The largest absolute Gasteiger partial charge is 0.376 e. The van der Waals surface area contributed by atoms with Crippen LogP contribution < -0.4 is 5.32 Å². The van der Waals surface area contributed by atoms with Crippen molar-refractivity contribution in [3.8, 4) is 0 Å². The van der Waals surface area contributed by atoms with Crippen LogP contribution in [0.3, 0.4) is 0 Å². The predicted molar refractivity (Wildman–Crippen MR) is 106 cm³/mol. The van der Waals surface area contributed by atoms with Crippen molar-refractivity contribution in [2.24, 2.45) is 0 Å². The molecule has 1 saturated heterocycles. The van der Waals surface area contributed by atoms with Gasteiger partial charge < -0.3 is 15.0 Å². The number of nitrogens with one attached hydrogen (secondary N) is 3. The molecule has 2 heterocycles. The monoisotopic (exact) mass is 415 g/mol. The highest BCUT2D eigenvalue weighted by molar-refractivity contribution is 9.10. The number of aromatic nitrogens is 1. The maximum atomic E-state index is 12.2. The minimum atomic E-state index is -0.375. The van der Waals surface area contributed by atoms with E-state index in [2.05, 4.69) is 26.2 Å². The van der Waals surface area contributed by atoms with E-state index in [0.29, 0.717) is 13.0 Å². The maximum Gasteiger partial charge on any atom is 0.269 e. The van der Waals surface area contributed by atoms with E-state index in [1.54, 1.807) is 6.08 Å². The Morgan fingerprint density at radius 2 is 2.15 bits per heavy atom. The van der Waals surface area contributed by atoms with Gasteiger partial charge in [0.1, 0.15) is 5.71 Å². The van der Waals surface area contributed by atoms with Crippen molar-refractivity contribution in [3.63, 3.8) is 0 Å². The number of allylic oxidation sites excluding steroid dienone is 1. The molecule has 3 rings (SSSR count). The summed E-state index contributed by atoms with van der Waals surface area (Å²) in [5.41, 5.74) is 2.87. The molecule has 1 fully saturated rings. The van der Waals surface area contributed by atoms with Gasteiger partial charge in [-0.05, 0) is 60.7 Å². The van der Waals surface area contributed by atoms with Gasteiger partial charge in [0.25, 0.3) is 5.91 Å². The van der Waals surface area contributed by atoms with Crippen LogP contribution in [0.5, 0.6) is 0 Å². The van der Waals surface area contributed by atoms with Crippen LogP contribution in [-0.2, 0) is 16.0 Å². The molecule has 136 valence electrons. The number of H-pyrrole nitrogens is 1. The van der Waals surface area contributed by atoms with E-state index < -0.39 is 0 Å². The molecule has 1 aliphatic rings. The van der Waals surface area contributed by atoms with Crippen molar-refractivity contribution in [2.75, 3.05) is 13.2 Å². The zero-order valence-corrected chi connectivity index (χ0v) is 16.0. The quantitative estimate of drug-likeness (QED) is 0.602. The zero-order chi connectivity index (χ0) is 18.4. The van der Waals surface area contributed by atoms with Gasteiger partial charge in [-0.15, -0.1) is 0 Å². The first kappa shape index (κ1) is 18.6. The topological polar surface area (TPSA) is 78.0 Å². The lowest BCUT2D eigenvalue weighted by atomic mass is 10.0. The van der Waals surface area contributed by atoms with Gasteiger partial charge in [-0.1, -0.05) is 28.1 Å². The minimum Gasteiger partial charge on any atom is -0.376 e. The third-order valence-corrected chi connectivity index (χ3v) is 4.86. The van der Waals surface area contributed by atoms with E-state index in [1.165, 1.54) is 0 Å². The number of hydrogen-bond donors (Lipinski definition) is 3. The van der Waals surface area contributed by atoms with Gasteiger partial charge in [0.2, 0.25) is 0 Å². The van der Waals surface area contributed by atoms with Crippen molar-refractivity contribution in [2.45, 2.75) is 25.4 Å². The van der Waals surface area contributed by atoms with Crippen molar-refractivity contribution in [1.29, 1.82) is 5.41 Å². The second-order valence-corrected chi connectivity index (χ2v) is 7.23. The van der Waals surface area contributed by atoms with Crippen LogP contribution in [0.15, 0.2) is 53.1 Å². The summed E-state index contributed by atoms with van der Waals surface area (Å²) in [6.45, 7) is 1.21. The molecule has 1 aromatic heterocycles. The fourth-order valence-electron chi connectivity index (χ4n) is 2.92. The van der Waals surface area contributed by atoms with E-state index in [1.807, 2.05) is 42.6 Å². The summed E-state index contributed by atoms with van der Waals surface area (Å²) < 4.78 is 6.52. The van der Waals surface area contributed by atoms with E-state index in [-0.39, 0.29) is 17.7 Å². The highest BCUT2D eigenvalue weighted by Gasteiger charge is 2.17. The first-order valence-corrected chi connectivity index (χ1v) is 9.48. The number of carbonyl (C=O) groups is 1. The van der Waals surface area contributed by atoms with Crippen molar-refractivity contribution < 1.29 is 9.53 Å². The fraction of sp³-hybridized carbons (Fsp3) is 0.300. The Kier molecular flexibility index (Phi) is 6.41. The average molecular weight is 416 g/mol. The number of amides is 1. The van der Waals surface area contributed by atoms with E-state index >= 15 is 0 Å². The van der Waals surface area contributed by atoms with Gasteiger partial charge in [-0.2, -0.15) is 0 Å². The van der Waals surface area contributed by atoms with Gasteiger partial charge in [-0.25, -0.2) is 0 Å². The molecular formula is C20H22BrN3O2. The normalized spacial score (nSPS) is 17.3. The van der Waals surface area contributed by atoms with Gasteiger partial charge in [0.15, 0.2) is 0 Å². The molecular weight excluding hydrogens is 394 g/mol. The summed E-state index contributed by atoms with van der Waals surface area (Å²) in [7, 11) is 0. The average Bonchev–Trinajstić information content (AvgIpc) is 3.34. The Hall–Kier alpha value is -2.18. The number of carbonyl (C=O) groups excluding carboxylic acids is 1. The third kappa shape index (κ3) is 5.16. The van der Waals surface area contributed by atoms with E-state index in [9.17, 15) is 4.79 Å². The molecule has 0 aliphatic carbocycles. The first-order chi connectivity index (χ1) is 12.6. The van der Waals surface area contributed by atoms with Crippen molar-refractivity contribution >= 4 is 33.1 Å². The summed E-state index contributed by atoms with van der Waals surface area (Å²) in [6.07, 6.45) is 6.17. The number of halogens is 1. The highest BCUT2D eigenvalue weighted by Crippen LogP contribution is 2.20. The molecule has 0 bridgehead atoms. The standard InChI is InChI=1S/C20H22BrN3O2/c21-16-7-5-14(6-8-16)11-15(19-4-1-9-23-19)12-18(22)20(25)24-13-17-3-2-10-26-17/h1,4-9,12,17,22-23H,2-3,10-11,13H2,(H,24,25)/b15-12-,22-18?. The Bertz CT molecular complexity index is 776. The van der Waals surface area contributed by atoms with E-state index in [0.717, 1.165) is 40.8 Å². The minimum absolute atomic E-state index is 0.0512. The van der Waals surface area contributed by atoms with Crippen LogP contribution in [0.25, 0.3) is 5.57 Å². The second kappa shape index (κ2) is 8.96. The van der Waals surface area contributed by atoms with Crippen LogP contribution in [0.4, 0.5) is 0 Å². The number of benzene rings is 1. The lowest BCUT2D eigenvalue weighted by Gasteiger charge is -2.11. The lowest BCUT2D eigenvalue weighted by molar-refractivity contribution is -0.115. The van der Waals surface area contributed by atoms with Crippen LogP contribution >= 0.6 is 15.9 Å². The summed E-state index contributed by atoms with van der Waals surface area (Å²) in [6, 6.07) is 11.9. The second-order valence-electron chi connectivity index (χ2n) is 6.32. The van der Waals surface area contributed by atoms with Crippen LogP contribution in [0.2, 0.25) is 0 Å². The SMILES string of the molecule is N=C(/C=C(/Cc1ccc(Br)cc1)c1ccc[nH]1)C(=O)NCC1CCCO1. The maximum absolute atomic E-state index is 12.2. The first-order valence-electron chi connectivity index (χ1n) is 8.69. The van der Waals surface area contributed by atoms with Gasteiger partial charge in [0, 0.05) is 29.5 Å². The Labute approximate surface area is 161 Å². The molecule has 1 aromatic carbocycles. The Morgan fingerprint density at radius 1 is 1.35 bits per heavy atom. The van der Waals surface area contributed by atoms with Gasteiger partial charge in [0.05, 0.1) is 6.10 Å². The number of hydrogen-bond acceptors (Lipinski definition) is 3. The summed E-state index contributed by atoms with van der Waals surface area (Å²) in [5.74, 6) is -0.375. The smallest absolute Gasteiger partial charge is 0.269 e. The van der Waals surface area contributed by atoms with Gasteiger partial charge >= 0.3 is 0 Å². The molecule has 5 nitrogen and oxygen atoms in total. The Morgan fingerprint density at radius 3 is 2.81 bits per heavy atom. The lowest BCUT2D eigenvalue weighted by Crippen LogP contribution is -2.35. The van der Waals surface area contributed by atoms with Crippen LogP contribution in [-0.4, -0.2) is 35.9 Å². The number of rotatable bonds is 7. The summed E-state index contributed by atoms with van der Waals surface area (Å²) in [4.78, 5) is 15.4. The van der Waals surface area contributed by atoms with Crippen molar-refractivity contribution in [3.05, 3.63) is 64.4 Å². The van der Waals surface area contributed by atoms with Crippen LogP contribution in [0, 0.1) is 5.41 Å². The van der Waals surface area contributed by atoms with E-state index in [4.69, 9.17) is 10.1 Å². The summed E-state index contributed by atoms with van der Waals surface area (Å²) in [5, 5.41) is 10.9. The molecule has 0 spiro atoms. The van der Waals surface area contributed by atoms with Crippen LogP contribution in [0.1, 0.15) is 24.1 Å². The molecule has 0 saturated carbocycles. The number of ether oxygens (including phenoxy) is 1. The number of aromatic amines is 1. The van der Waals surface area contributed by atoms with Crippen molar-refractivity contribution in [1.82, 2.24) is 10.3 Å².